The Bertz CT molecular complexity index is 1480. The molecule has 8 nitrogen and oxygen atoms in total. The summed E-state index contributed by atoms with van der Waals surface area (Å²) >= 11 is 0. The van der Waals surface area contributed by atoms with Crippen LogP contribution in [0.5, 0.6) is 5.75 Å². The molecule has 33 heavy (non-hydrogen) atoms. The smallest absolute Gasteiger partial charge is 0.300 e. The molecule has 2 aliphatic rings. The Labute approximate surface area is 188 Å². The average molecular weight is 437 g/mol. The number of aromatic nitrogens is 3. The van der Waals surface area contributed by atoms with Gasteiger partial charge in [0.1, 0.15) is 5.75 Å². The Hall–Kier alpha value is -4.46. The highest BCUT2D eigenvalue weighted by Crippen LogP contribution is 2.45. The summed E-state index contributed by atoms with van der Waals surface area (Å²) in [7, 11) is 0. The van der Waals surface area contributed by atoms with Crippen LogP contribution in [0.25, 0.3) is 22.6 Å². The number of ether oxygens (including phenoxy) is 1. The van der Waals surface area contributed by atoms with E-state index in [9.17, 15) is 9.59 Å². The number of fused-ring (bicyclic) bond motifs is 6. The summed E-state index contributed by atoms with van der Waals surface area (Å²) < 4.78 is 7.03. The Morgan fingerprint density at radius 2 is 1.67 bits per heavy atom. The number of carbonyl (C=O) groups is 1. The standard InChI is InChI=1S/C25H19N5O3/c1-2-33-16-13-11-15(12-14-16)21-23(31)27-22-17-7-3-5-9-19(17)28-25(30(22)29-21)18-8-4-6-10-20(18)26-24(25)32/h3-14,28H,2H2,1H3,(H,26,32). The van der Waals surface area contributed by atoms with E-state index in [0.717, 1.165) is 0 Å². The van der Waals surface area contributed by atoms with Gasteiger partial charge in [-0.05, 0) is 49.4 Å². The summed E-state index contributed by atoms with van der Waals surface area (Å²) in [6.07, 6.45) is 0. The number of nitrogens with one attached hydrogen (secondary N) is 2. The van der Waals surface area contributed by atoms with Gasteiger partial charge in [0.05, 0.1) is 6.61 Å². The predicted molar refractivity (Wildman–Crippen MR) is 124 cm³/mol. The zero-order valence-corrected chi connectivity index (χ0v) is 17.7. The molecule has 0 saturated carbocycles. The molecule has 1 unspecified atom stereocenters. The molecule has 2 aliphatic heterocycles. The van der Waals surface area contributed by atoms with Gasteiger partial charge in [-0.2, -0.15) is 10.1 Å². The van der Waals surface area contributed by atoms with Crippen molar-refractivity contribution >= 4 is 17.3 Å². The van der Waals surface area contributed by atoms with E-state index in [2.05, 4.69) is 15.6 Å². The minimum Gasteiger partial charge on any atom is -0.494 e. The van der Waals surface area contributed by atoms with E-state index in [1.54, 1.807) is 24.3 Å². The van der Waals surface area contributed by atoms with Crippen LogP contribution in [0.3, 0.4) is 0 Å². The lowest BCUT2D eigenvalue weighted by Crippen LogP contribution is -2.53. The zero-order chi connectivity index (χ0) is 22.6. The Morgan fingerprint density at radius 1 is 0.939 bits per heavy atom. The maximum Gasteiger partial charge on any atom is 0.300 e. The summed E-state index contributed by atoms with van der Waals surface area (Å²) in [5, 5.41) is 11.0. The molecule has 1 aromatic heterocycles. The van der Waals surface area contributed by atoms with Crippen molar-refractivity contribution < 1.29 is 9.53 Å². The van der Waals surface area contributed by atoms with Crippen molar-refractivity contribution in [2.24, 2.45) is 0 Å². The van der Waals surface area contributed by atoms with E-state index in [1.807, 2.05) is 55.5 Å². The van der Waals surface area contributed by atoms with E-state index < -0.39 is 11.2 Å². The van der Waals surface area contributed by atoms with Crippen LogP contribution in [-0.2, 0) is 10.5 Å². The SMILES string of the molecule is CCOc1ccc(-c2nn3c(nc2=O)-c2ccccc2NC32C(=O)Nc3ccccc32)cc1. The summed E-state index contributed by atoms with van der Waals surface area (Å²) in [5.74, 6) is 0.731. The van der Waals surface area contributed by atoms with Gasteiger partial charge in [0.2, 0.25) is 5.66 Å². The van der Waals surface area contributed by atoms with Crippen LogP contribution in [0, 0.1) is 0 Å². The lowest BCUT2D eigenvalue weighted by molar-refractivity contribution is -0.121. The summed E-state index contributed by atoms with van der Waals surface area (Å²) in [4.78, 5) is 31.0. The molecule has 3 heterocycles. The lowest BCUT2D eigenvalue weighted by Gasteiger charge is -2.37. The highest BCUT2D eigenvalue weighted by atomic mass is 16.5. The number of benzene rings is 3. The van der Waals surface area contributed by atoms with E-state index in [0.29, 0.717) is 46.2 Å². The van der Waals surface area contributed by atoms with Crippen molar-refractivity contribution in [1.82, 2.24) is 14.8 Å². The van der Waals surface area contributed by atoms with Gasteiger partial charge in [0, 0.05) is 28.1 Å². The van der Waals surface area contributed by atoms with Crippen molar-refractivity contribution in [2.75, 3.05) is 17.2 Å². The highest BCUT2D eigenvalue weighted by Gasteiger charge is 2.53. The third-order valence-electron chi connectivity index (χ3n) is 5.94. The van der Waals surface area contributed by atoms with Gasteiger partial charge in [-0.15, -0.1) is 0 Å². The number of hydrogen-bond acceptors (Lipinski definition) is 6. The zero-order valence-electron chi connectivity index (χ0n) is 17.7. The van der Waals surface area contributed by atoms with E-state index >= 15 is 0 Å². The van der Waals surface area contributed by atoms with Crippen molar-refractivity contribution in [3.05, 3.63) is 88.7 Å². The number of rotatable bonds is 3. The number of hydrogen-bond donors (Lipinski definition) is 2. The average Bonchev–Trinajstić information content (AvgIpc) is 3.11. The fourth-order valence-electron chi connectivity index (χ4n) is 4.46. The predicted octanol–water partition coefficient (Wildman–Crippen LogP) is 3.45. The molecule has 0 bridgehead atoms. The second-order valence-electron chi connectivity index (χ2n) is 7.84. The fraction of sp³-hybridized carbons (Fsp3) is 0.120. The van der Waals surface area contributed by atoms with Crippen LogP contribution in [0.2, 0.25) is 0 Å². The van der Waals surface area contributed by atoms with E-state index in [-0.39, 0.29) is 11.6 Å². The first-order valence-electron chi connectivity index (χ1n) is 10.7. The molecule has 4 aromatic rings. The van der Waals surface area contributed by atoms with Gasteiger partial charge in [-0.25, -0.2) is 4.68 Å². The normalized spacial score (nSPS) is 17.5. The Balaban J connectivity index is 1.63. The molecule has 1 amide bonds. The molecule has 8 heteroatoms. The third kappa shape index (κ3) is 2.70. The van der Waals surface area contributed by atoms with Crippen LogP contribution in [-0.4, -0.2) is 27.3 Å². The van der Waals surface area contributed by atoms with Crippen LogP contribution < -0.4 is 20.9 Å². The fourth-order valence-corrected chi connectivity index (χ4v) is 4.46. The molecule has 0 fully saturated rings. The van der Waals surface area contributed by atoms with Gasteiger partial charge in [-0.3, -0.25) is 9.59 Å². The first kappa shape index (κ1) is 19.2. The van der Waals surface area contributed by atoms with Gasteiger partial charge in [0.25, 0.3) is 11.5 Å². The van der Waals surface area contributed by atoms with Crippen molar-refractivity contribution in [3.8, 4) is 28.4 Å². The lowest BCUT2D eigenvalue weighted by atomic mass is 9.96. The topological polar surface area (TPSA) is 98.1 Å². The van der Waals surface area contributed by atoms with Crippen LogP contribution in [0.4, 0.5) is 11.4 Å². The van der Waals surface area contributed by atoms with Crippen LogP contribution >= 0.6 is 0 Å². The van der Waals surface area contributed by atoms with Gasteiger partial charge in [-0.1, -0.05) is 30.3 Å². The monoisotopic (exact) mass is 437 g/mol. The largest absolute Gasteiger partial charge is 0.494 e. The van der Waals surface area contributed by atoms with Crippen molar-refractivity contribution in [2.45, 2.75) is 12.6 Å². The Morgan fingerprint density at radius 3 is 2.45 bits per heavy atom. The van der Waals surface area contributed by atoms with Crippen LogP contribution in [0.15, 0.2) is 77.6 Å². The summed E-state index contributed by atoms with van der Waals surface area (Å²) in [6.45, 7) is 2.45. The second kappa shape index (κ2) is 7.03. The minimum atomic E-state index is -1.37. The molecule has 6 rings (SSSR count). The Kier molecular flexibility index (Phi) is 4.10. The third-order valence-corrected chi connectivity index (χ3v) is 5.94. The number of para-hydroxylation sites is 2. The quantitative estimate of drug-likeness (QED) is 0.510. The van der Waals surface area contributed by atoms with Crippen LogP contribution in [0.1, 0.15) is 12.5 Å². The second-order valence-corrected chi connectivity index (χ2v) is 7.84. The molecule has 1 spiro atoms. The first-order chi connectivity index (χ1) is 16.1. The van der Waals surface area contributed by atoms with E-state index in [1.165, 1.54) is 4.68 Å². The first-order valence-corrected chi connectivity index (χ1v) is 10.7. The molecule has 2 N–H and O–H groups in total. The molecular formula is C25H19N5O3. The number of amides is 1. The van der Waals surface area contributed by atoms with Gasteiger partial charge >= 0.3 is 0 Å². The number of nitrogens with zero attached hydrogens (tertiary/aromatic N) is 3. The maximum absolute atomic E-state index is 13.5. The molecule has 0 aliphatic carbocycles. The van der Waals surface area contributed by atoms with Crippen molar-refractivity contribution in [1.29, 1.82) is 0 Å². The van der Waals surface area contributed by atoms with Gasteiger partial charge < -0.3 is 15.4 Å². The van der Waals surface area contributed by atoms with Crippen molar-refractivity contribution in [3.63, 3.8) is 0 Å². The number of anilines is 2. The van der Waals surface area contributed by atoms with E-state index in [4.69, 9.17) is 9.84 Å². The molecule has 1 atom stereocenters. The molecule has 0 saturated heterocycles. The summed E-state index contributed by atoms with van der Waals surface area (Å²) in [5.41, 5.74) is 1.69. The highest BCUT2D eigenvalue weighted by molar-refractivity contribution is 6.09. The molecule has 162 valence electrons. The number of carbonyl (C=O) groups excluding carboxylic acids is 1. The summed E-state index contributed by atoms with van der Waals surface area (Å²) in [6, 6.07) is 22.0. The molecular weight excluding hydrogens is 418 g/mol. The molecule has 3 aromatic carbocycles. The molecule has 0 radical (unpaired) electrons. The van der Waals surface area contributed by atoms with Gasteiger partial charge in [0.15, 0.2) is 11.5 Å². The minimum absolute atomic E-state index is 0.152. The maximum atomic E-state index is 13.5.